The SMILES string of the molecule is C=CCn1c(SCC(=O)Nc2ccc(OCC)cc2)nc2nc(N(CC)CC)sc2c1=O. The summed E-state index contributed by atoms with van der Waals surface area (Å²) in [6, 6.07) is 7.18. The average Bonchev–Trinajstić information content (AvgIpc) is 3.21. The van der Waals surface area contributed by atoms with Crippen LogP contribution >= 0.6 is 23.1 Å². The first kappa shape index (κ1) is 23.8. The monoisotopic (exact) mass is 473 g/mol. The van der Waals surface area contributed by atoms with Crippen LogP contribution in [0.25, 0.3) is 10.3 Å². The predicted molar refractivity (Wildman–Crippen MR) is 132 cm³/mol. The lowest BCUT2D eigenvalue weighted by atomic mass is 10.3. The van der Waals surface area contributed by atoms with Crippen LogP contribution in [0.15, 0.2) is 46.9 Å². The molecule has 1 N–H and O–H groups in total. The van der Waals surface area contributed by atoms with Crippen molar-refractivity contribution < 1.29 is 9.53 Å². The summed E-state index contributed by atoms with van der Waals surface area (Å²) in [5.74, 6) is 0.661. The fourth-order valence-corrected chi connectivity index (χ4v) is 4.91. The molecule has 0 spiro atoms. The molecule has 0 aliphatic heterocycles. The van der Waals surface area contributed by atoms with Crippen molar-refractivity contribution >= 4 is 50.2 Å². The average molecular weight is 474 g/mol. The van der Waals surface area contributed by atoms with Crippen molar-refractivity contribution in [3.8, 4) is 5.75 Å². The van der Waals surface area contributed by atoms with Crippen molar-refractivity contribution in [2.45, 2.75) is 32.5 Å². The van der Waals surface area contributed by atoms with Gasteiger partial charge in [0, 0.05) is 25.3 Å². The van der Waals surface area contributed by atoms with Crippen LogP contribution in [-0.2, 0) is 11.3 Å². The van der Waals surface area contributed by atoms with E-state index in [1.165, 1.54) is 27.7 Å². The number of amides is 1. The second-order valence-corrected chi connectivity index (χ2v) is 8.63. The van der Waals surface area contributed by atoms with Crippen LogP contribution in [0.1, 0.15) is 20.8 Å². The van der Waals surface area contributed by atoms with Gasteiger partial charge in [0.2, 0.25) is 5.91 Å². The van der Waals surface area contributed by atoms with Crippen molar-refractivity contribution in [2.24, 2.45) is 0 Å². The second-order valence-electron chi connectivity index (χ2n) is 6.71. The molecule has 2 aromatic heterocycles. The number of hydrogen-bond donors (Lipinski definition) is 1. The summed E-state index contributed by atoms with van der Waals surface area (Å²) in [6.45, 7) is 12.2. The molecule has 2 heterocycles. The Balaban J connectivity index is 1.79. The van der Waals surface area contributed by atoms with Crippen molar-refractivity contribution in [2.75, 3.05) is 35.7 Å². The number of carbonyl (C=O) groups is 1. The molecular weight excluding hydrogens is 446 g/mol. The third kappa shape index (κ3) is 5.49. The van der Waals surface area contributed by atoms with Crippen LogP contribution < -0.4 is 20.5 Å². The molecule has 170 valence electrons. The molecule has 1 aromatic carbocycles. The number of hydrogen-bond acceptors (Lipinski definition) is 8. The Hall–Kier alpha value is -2.85. The number of anilines is 2. The first-order chi connectivity index (χ1) is 15.5. The third-order valence-corrected chi connectivity index (χ3v) is 6.67. The van der Waals surface area contributed by atoms with Gasteiger partial charge in [0.25, 0.3) is 5.56 Å². The van der Waals surface area contributed by atoms with E-state index in [0.29, 0.717) is 34.3 Å². The van der Waals surface area contributed by atoms with E-state index in [1.54, 1.807) is 30.3 Å². The molecule has 0 aliphatic rings. The van der Waals surface area contributed by atoms with Gasteiger partial charge in [0.05, 0.1) is 12.4 Å². The van der Waals surface area contributed by atoms with E-state index in [0.717, 1.165) is 24.0 Å². The van der Waals surface area contributed by atoms with Gasteiger partial charge in [-0.05, 0) is 45.0 Å². The molecule has 10 heteroatoms. The van der Waals surface area contributed by atoms with E-state index in [4.69, 9.17) is 4.74 Å². The summed E-state index contributed by atoms with van der Waals surface area (Å²) in [7, 11) is 0. The van der Waals surface area contributed by atoms with Crippen molar-refractivity contribution in [1.29, 1.82) is 0 Å². The lowest BCUT2D eigenvalue weighted by Crippen LogP contribution is -2.23. The Labute approximate surface area is 195 Å². The number of fused-ring (bicyclic) bond motifs is 1. The van der Waals surface area contributed by atoms with Crippen LogP contribution in [0.4, 0.5) is 10.8 Å². The zero-order valence-corrected chi connectivity index (χ0v) is 20.1. The van der Waals surface area contributed by atoms with Crippen molar-refractivity contribution in [1.82, 2.24) is 14.5 Å². The zero-order chi connectivity index (χ0) is 23.1. The summed E-state index contributed by atoms with van der Waals surface area (Å²) >= 11 is 2.55. The van der Waals surface area contributed by atoms with Gasteiger partial charge in [0.15, 0.2) is 15.9 Å². The molecule has 0 saturated carbocycles. The Morgan fingerprint density at radius 1 is 1.25 bits per heavy atom. The molecule has 0 radical (unpaired) electrons. The number of thiazole rings is 1. The lowest BCUT2D eigenvalue weighted by Gasteiger charge is -2.15. The van der Waals surface area contributed by atoms with Gasteiger partial charge in [0.1, 0.15) is 10.4 Å². The first-order valence-corrected chi connectivity index (χ1v) is 12.2. The number of nitrogens with zero attached hydrogens (tertiary/aromatic N) is 4. The number of allylic oxidation sites excluding steroid dienone is 1. The van der Waals surface area contributed by atoms with Crippen LogP contribution in [-0.4, -0.2) is 45.9 Å². The molecule has 3 aromatic rings. The molecular formula is C22H27N5O3S2. The number of rotatable bonds is 11. The minimum Gasteiger partial charge on any atom is -0.494 e. The molecule has 0 atom stereocenters. The van der Waals surface area contributed by atoms with Gasteiger partial charge in [-0.2, -0.15) is 4.98 Å². The molecule has 0 aliphatic carbocycles. The van der Waals surface area contributed by atoms with Crippen molar-refractivity contribution in [3.05, 3.63) is 47.3 Å². The Kier molecular flexibility index (Phi) is 8.29. The maximum atomic E-state index is 13.1. The highest BCUT2D eigenvalue weighted by Gasteiger charge is 2.18. The normalized spacial score (nSPS) is 10.8. The minimum atomic E-state index is -0.194. The summed E-state index contributed by atoms with van der Waals surface area (Å²) < 4.78 is 7.46. The summed E-state index contributed by atoms with van der Waals surface area (Å²) in [6.07, 6.45) is 1.64. The van der Waals surface area contributed by atoms with Gasteiger partial charge >= 0.3 is 0 Å². The van der Waals surface area contributed by atoms with E-state index < -0.39 is 0 Å². The fourth-order valence-electron chi connectivity index (χ4n) is 3.03. The number of ether oxygens (including phenoxy) is 1. The van der Waals surface area contributed by atoms with E-state index in [9.17, 15) is 9.59 Å². The highest BCUT2D eigenvalue weighted by molar-refractivity contribution is 7.99. The predicted octanol–water partition coefficient (Wildman–Crippen LogP) is 4.01. The highest BCUT2D eigenvalue weighted by atomic mass is 32.2. The largest absolute Gasteiger partial charge is 0.494 e. The van der Waals surface area contributed by atoms with Gasteiger partial charge < -0.3 is 15.0 Å². The Bertz CT molecular complexity index is 1140. The number of nitrogens with one attached hydrogen (secondary N) is 1. The van der Waals surface area contributed by atoms with Crippen LogP contribution in [0.2, 0.25) is 0 Å². The molecule has 3 rings (SSSR count). The lowest BCUT2D eigenvalue weighted by molar-refractivity contribution is -0.113. The van der Waals surface area contributed by atoms with E-state index >= 15 is 0 Å². The van der Waals surface area contributed by atoms with Gasteiger partial charge in [-0.1, -0.05) is 29.2 Å². The molecule has 1 amide bonds. The molecule has 0 bridgehead atoms. The Morgan fingerprint density at radius 3 is 2.59 bits per heavy atom. The van der Waals surface area contributed by atoms with Gasteiger partial charge in [-0.3, -0.25) is 14.2 Å². The molecule has 8 nitrogen and oxygen atoms in total. The molecule has 0 unspecified atom stereocenters. The topological polar surface area (TPSA) is 89.3 Å². The maximum Gasteiger partial charge on any atom is 0.274 e. The first-order valence-electron chi connectivity index (χ1n) is 10.4. The zero-order valence-electron chi connectivity index (χ0n) is 18.5. The van der Waals surface area contributed by atoms with E-state index in [-0.39, 0.29) is 17.2 Å². The second kappa shape index (κ2) is 11.1. The van der Waals surface area contributed by atoms with Crippen molar-refractivity contribution in [3.63, 3.8) is 0 Å². The standard InChI is InChI=1S/C22H27N5O3S2/c1-5-13-27-20(29)18-19(24-21(32-18)26(6-2)7-3)25-22(27)31-14-17(28)23-15-9-11-16(12-10-15)30-8-4/h5,9-12H,1,6-8,13-14H2,2-4H3,(H,23,28). The summed E-state index contributed by atoms with van der Waals surface area (Å²) in [5.41, 5.74) is 0.922. The van der Waals surface area contributed by atoms with Gasteiger partial charge in [-0.15, -0.1) is 6.58 Å². The number of benzene rings is 1. The summed E-state index contributed by atoms with van der Waals surface area (Å²) in [5, 5.41) is 4.07. The van der Waals surface area contributed by atoms with Gasteiger partial charge in [-0.25, -0.2) is 4.98 Å². The quantitative estimate of drug-likeness (QED) is 0.256. The summed E-state index contributed by atoms with van der Waals surface area (Å²) in [4.78, 5) is 36.8. The number of aromatic nitrogens is 3. The highest BCUT2D eigenvalue weighted by Crippen LogP contribution is 2.27. The third-order valence-electron chi connectivity index (χ3n) is 4.60. The number of thioether (sulfide) groups is 1. The molecule has 0 fully saturated rings. The van der Waals surface area contributed by atoms with E-state index in [1.807, 2.05) is 20.8 Å². The van der Waals surface area contributed by atoms with Crippen LogP contribution in [0.3, 0.4) is 0 Å². The molecule has 32 heavy (non-hydrogen) atoms. The van der Waals surface area contributed by atoms with E-state index in [2.05, 4.69) is 26.8 Å². The maximum absolute atomic E-state index is 13.1. The Morgan fingerprint density at radius 2 is 1.97 bits per heavy atom. The number of carbonyl (C=O) groups excluding carboxylic acids is 1. The fraction of sp³-hybridized carbons (Fsp3) is 0.364. The van der Waals surface area contributed by atoms with Crippen LogP contribution in [0, 0.1) is 0 Å². The molecule has 0 saturated heterocycles. The van der Waals surface area contributed by atoms with Crippen LogP contribution in [0.5, 0.6) is 5.75 Å². The minimum absolute atomic E-state index is 0.106. The smallest absolute Gasteiger partial charge is 0.274 e.